The fourth-order valence-electron chi connectivity index (χ4n) is 2.18. The Morgan fingerprint density at radius 1 is 1.33 bits per heavy atom. The van der Waals surface area contributed by atoms with Gasteiger partial charge in [0.15, 0.2) is 11.3 Å². The van der Waals surface area contributed by atoms with E-state index in [0.29, 0.717) is 22.4 Å². The Labute approximate surface area is 129 Å². The molecule has 0 fully saturated rings. The molecular formula is C16H12BrNO3. The normalized spacial score (nSPS) is 11.0. The Morgan fingerprint density at radius 3 is 2.71 bits per heavy atom. The van der Waals surface area contributed by atoms with Crippen LogP contribution in [0.1, 0.15) is 27.4 Å². The first kappa shape index (κ1) is 14.0. The highest BCUT2D eigenvalue weighted by atomic mass is 79.9. The highest BCUT2D eigenvalue weighted by molar-refractivity contribution is 9.10. The maximum atomic E-state index is 12.4. The summed E-state index contributed by atoms with van der Waals surface area (Å²) in [5.74, 6) is 0.0557. The van der Waals surface area contributed by atoms with E-state index in [1.54, 1.807) is 31.3 Å². The molecule has 0 saturated carbocycles. The lowest BCUT2D eigenvalue weighted by Gasteiger charge is -1.98. The van der Waals surface area contributed by atoms with Crippen LogP contribution in [0.15, 0.2) is 45.4 Å². The van der Waals surface area contributed by atoms with E-state index >= 15 is 0 Å². The van der Waals surface area contributed by atoms with Crippen LogP contribution in [0.3, 0.4) is 0 Å². The summed E-state index contributed by atoms with van der Waals surface area (Å²) in [4.78, 5) is 16.6. The SMILES string of the molecule is Cc1ncc(CO)c2cc(C(=O)c3ccc(Br)cc3)oc12. The number of carbonyl (C=O) groups is 1. The van der Waals surface area contributed by atoms with Crippen molar-refractivity contribution in [3.05, 3.63) is 63.6 Å². The number of aryl methyl sites for hydroxylation is 1. The van der Waals surface area contributed by atoms with Gasteiger partial charge in [-0.25, -0.2) is 0 Å². The quantitative estimate of drug-likeness (QED) is 0.736. The Balaban J connectivity index is 2.10. The predicted molar refractivity (Wildman–Crippen MR) is 82.2 cm³/mol. The molecule has 0 amide bonds. The number of ketones is 1. The molecule has 0 unspecified atom stereocenters. The summed E-state index contributed by atoms with van der Waals surface area (Å²) in [6.45, 7) is 1.66. The minimum absolute atomic E-state index is 0.144. The van der Waals surface area contributed by atoms with Crippen molar-refractivity contribution < 1.29 is 14.3 Å². The third-order valence-corrected chi connectivity index (χ3v) is 3.85. The van der Waals surface area contributed by atoms with E-state index in [0.717, 1.165) is 9.86 Å². The van der Waals surface area contributed by atoms with Crippen LogP contribution in [-0.4, -0.2) is 15.9 Å². The monoisotopic (exact) mass is 345 g/mol. The summed E-state index contributed by atoms with van der Waals surface area (Å²) in [6, 6.07) is 8.75. The number of aliphatic hydroxyl groups excluding tert-OH is 1. The van der Waals surface area contributed by atoms with Crippen LogP contribution in [0.25, 0.3) is 11.0 Å². The molecule has 0 radical (unpaired) electrons. The maximum absolute atomic E-state index is 12.4. The summed E-state index contributed by atoms with van der Waals surface area (Å²) < 4.78 is 6.56. The van der Waals surface area contributed by atoms with E-state index in [4.69, 9.17) is 4.42 Å². The molecule has 4 nitrogen and oxygen atoms in total. The van der Waals surface area contributed by atoms with Gasteiger partial charge in [0.1, 0.15) is 0 Å². The number of benzene rings is 1. The molecule has 3 aromatic rings. The highest BCUT2D eigenvalue weighted by Crippen LogP contribution is 2.26. The molecule has 0 atom stereocenters. The van der Waals surface area contributed by atoms with Gasteiger partial charge in [-0.1, -0.05) is 15.9 Å². The number of hydrogen-bond donors (Lipinski definition) is 1. The number of hydrogen-bond acceptors (Lipinski definition) is 4. The van der Waals surface area contributed by atoms with Gasteiger partial charge in [0.2, 0.25) is 5.78 Å². The van der Waals surface area contributed by atoms with Crippen molar-refractivity contribution in [2.75, 3.05) is 0 Å². The number of furan rings is 1. The average molecular weight is 346 g/mol. The molecule has 0 saturated heterocycles. The second-order valence-corrected chi connectivity index (χ2v) is 5.63. The second kappa shape index (κ2) is 5.42. The summed E-state index contributed by atoms with van der Waals surface area (Å²) in [5.41, 5.74) is 2.43. The Kier molecular flexibility index (Phi) is 3.61. The summed E-state index contributed by atoms with van der Waals surface area (Å²) in [5, 5.41) is 10.1. The minimum Gasteiger partial charge on any atom is -0.451 e. The van der Waals surface area contributed by atoms with Crippen molar-refractivity contribution in [1.82, 2.24) is 4.98 Å². The van der Waals surface area contributed by atoms with Crippen molar-refractivity contribution in [3.63, 3.8) is 0 Å². The van der Waals surface area contributed by atoms with Gasteiger partial charge in [0.05, 0.1) is 12.3 Å². The first-order chi connectivity index (χ1) is 10.1. The fraction of sp³-hybridized carbons (Fsp3) is 0.125. The molecule has 0 bridgehead atoms. The van der Waals surface area contributed by atoms with Crippen molar-refractivity contribution >= 4 is 32.7 Å². The zero-order chi connectivity index (χ0) is 15.0. The molecule has 0 spiro atoms. The van der Waals surface area contributed by atoms with Gasteiger partial charge in [-0.2, -0.15) is 0 Å². The number of aromatic nitrogens is 1. The van der Waals surface area contributed by atoms with E-state index in [-0.39, 0.29) is 18.2 Å². The highest BCUT2D eigenvalue weighted by Gasteiger charge is 2.17. The molecule has 5 heteroatoms. The van der Waals surface area contributed by atoms with Gasteiger partial charge < -0.3 is 9.52 Å². The first-order valence-electron chi connectivity index (χ1n) is 6.39. The van der Waals surface area contributed by atoms with E-state index in [9.17, 15) is 9.90 Å². The van der Waals surface area contributed by atoms with Gasteiger partial charge in [-0.05, 0) is 37.3 Å². The number of halogens is 1. The van der Waals surface area contributed by atoms with Crippen LogP contribution >= 0.6 is 15.9 Å². The predicted octanol–water partition coefficient (Wildman–Crippen LogP) is 3.62. The topological polar surface area (TPSA) is 63.3 Å². The molecule has 2 aromatic heterocycles. The molecule has 2 heterocycles. The number of aliphatic hydroxyl groups is 1. The molecule has 1 aromatic carbocycles. The van der Waals surface area contributed by atoms with Crippen LogP contribution in [0.2, 0.25) is 0 Å². The van der Waals surface area contributed by atoms with E-state index in [1.165, 1.54) is 0 Å². The number of rotatable bonds is 3. The van der Waals surface area contributed by atoms with Crippen molar-refractivity contribution in [3.8, 4) is 0 Å². The van der Waals surface area contributed by atoms with Crippen LogP contribution in [0.4, 0.5) is 0 Å². The molecule has 21 heavy (non-hydrogen) atoms. The van der Waals surface area contributed by atoms with E-state index in [2.05, 4.69) is 20.9 Å². The van der Waals surface area contributed by atoms with Gasteiger partial charge in [-0.15, -0.1) is 0 Å². The number of nitrogens with zero attached hydrogens (tertiary/aromatic N) is 1. The van der Waals surface area contributed by atoms with Gasteiger partial charge in [0.25, 0.3) is 0 Å². The van der Waals surface area contributed by atoms with Crippen molar-refractivity contribution in [1.29, 1.82) is 0 Å². The van der Waals surface area contributed by atoms with Gasteiger partial charge >= 0.3 is 0 Å². The van der Waals surface area contributed by atoms with Crippen LogP contribution in [0, 0.1) is 6.92 Å². The maximum Gasteiger partial charge on any atom is 0.228 e. The molecular weight excluding hydrogens is 334 g/mol. The van der Waals surface area contributed by atoms with E-state index in [1.807, 2.05) is 12.1 Å². The van der Waals surface area contributed by atoms with Crippen molar-refractivity contribution in [2.45, 2.75) is 13.5 Å². The molecule has 106 valence electrons. The van der Waals surface area contributed by atoms with Crippen molar-refractivity contribution in [2.24, 2.45) is 0 Å². The molecule has 0 aliphatic heterocycles. The lowest BCUT2D eigenvalue weighted by molar-refractivity contribution is 0.101. The smallest absolute Gasteiger partial charge is 0.228 e. The minimum atomic E-state index is -0.193. The van der Waals surface area contributed by atoms with E-state index < -0.39 is 0 Å². The summed E-state index contributed by atoms with van der Waals surface area (Å²) >= 11 is 3.34. The molecule has 0 aliphatic rings. The largest absolute Gasteiger partial charge is 0.451 e. The molecule has 0 aliphatic carbocycles. The van der Waals surface area contributed by atoms with Crippen LogP contribution in [-0.2, 0) is 6.61 Å². The van der Waals surface area contributed by atoms with Gasteiger partial charge in [-0.3, -0.25) is 9.78 Å². The lowest BCUT2D eigenvalue weighted by Crippen LogP contribution is -1.98. The number of pyridine rings is 1. The number of carbonyl (C=O) groups excluding carboxylic acids is 1. The van der Waals surface area contributed by atoms with Gasteiger partial charge in [0, 0.05) is 27.2 Å². The number of fused-ring (bicyclic) bond motifs is 1. The van der Waals surface area contributed by atoms with Crippen LogP contribution < -0.4 is 0 Å². The zero-order valence-electron chi connectivity index (χ0n) is 11.3. The Hall–Kier alpha value is -1.98. The first-order valence-corrected chi connectivity index (χ1v) is 7.18. The lowest BCUT2D eigenvalue weighted by atomic mass is 10.1. The third-order valence-electron chi connectivity index (χ3n) is 3.32. The zero-order valence-corrected chi connectivity index (χ0v) is 12.8. The summed E-state index contributed by atoms with van der Waals surface area (Å²) in [6.07, 6.45) is 1.60. The Morgan fingerprint density at radius 2 is 2.05 bits per heavy atom. The average Bonchev–Trinajstić information content (AvgIpc) is 2.94. The third kappa shape index (κ3) is 2.50. The molecule has 1 N–H and O–H groups in total. The standard InChI is InChI=1S/C16H12BrNO3/c1-9-16-13(11(8-19)7-18-9)6-14(21-16)15(20)10-2-4-12(17)5-3-10/h2-7,19H,8H2,1H3. The molecule has 3 rings (SSSR count). The second-order valence-electron chi connectivity index (χ2n) is 4.72. The Bertz CT molecular complexity index is 821. The summed E-state index contributed by atoms with van der Waals surface area (Å²) in [7, 11) is 0. The fourth-order valence-corrected chi connectivity index (χ4v) is 2.45. The van der Waals surface area contributed by atoms with Crippen LogP contribution in [0.5, 0.6) is 0 Å².